The van der Waals surface area contributed by atoms with Crippen molar-refractivity contribution < 1.29 is 14.3 Å². The Morgan fingerprint density at radius 1 is 1.40 bits per heavy atom. The third-order valence-corrected chi connectivity index (χ3v) is 2.06. The van der Waals surface area contributed by atoms with Crippen LogP contribution in [0.5, 0.6) is 5.75 Å². The molecule has 80 valence electrons. The van der Waals surface area contributed by atoms with E-state index in [1.807, 2.05) is 13.8 Å². The fourth-order valence-corrected chi connectivity index (χ4v) is 1.02. The Hall–Kier alpha value is -1.64. The van der Waals surface area contributed by atoms with Crippen LogP contribution in [0.1, 0.15) is 24.2 Å². The first-order valence-electron chi connectivity index (χ1n) is 4.85. The summed E-state index contributed by atoms with van der Waals surface area (Å²) in [6.07, 6.45) is 0.717. The van der Waals surface area contributed by atoms with Crippen molar-refractivity contribution in [2.45, 2.75) is 13.8 Å². The number of hydrogen-bond donors (Lipinski definition) is 0. The fraction of sp³-hybridized carbons (Fsp3) is 0.333. The lowest BCUT2D eigenvalue weighted by molar-refractivity contribution is -0.123. The minimum atomic E-state index is -0.0478. The maximum atomic E-state index is 11.3. The van der Waals surface area contributed by atoms with E-state index in [0.717, 1.165) is 6.29 Å². The summed E-state index contributed by atoms with van der Waals surface area (Å²) < 4.78 is 5.27. The molecule has 0 N–H and O–H groups in total. The molecule has 15 heavy (non-hydrogen) atoms. The molecule has 0 atom stereocenters. The fourth-order valence-electron chi connectivity index (χ4n) is 1.02. The Balaban J connectivity index is 2.65. The van der Waals surface area contributed by atoms with Gasteiger partial charge >= 0.3 is 0 Å². The second-order valence-electron chi connectivity index (χ2n) is 3.57. The summed E-state index contributed by atoms with van der Waals surface area (Å²) in [7, 11) is 0. The average Bonchev–Trinajstić information content (AvgIpc) is 2.26. The summed E-state index contributed by atoms with van der Waals surface area (Å²) in [4.78, 5) is 21.9. The zero-order chi connectivity index (χ0) is 11.3. The van der Waals surface area contributed by atoms with E-state index in [4.69, 9.17) is 4.74 Å². The molecule has 0 aromatic heterocycles. The van der Waals surface area contributed by atoms with Crippen LogP contribution in [0.3, 0.4) is 0 Å². The number of rotatable bonds is 5. The van der Waals surface area contributed by atoms with E-state index in [2.05, 4.69) is 0 Å². The largest absolute Gasteiger partial charge is 0.485 e. The van der Waals surface area contributed by atoms with Crippen molar-refractivity contribution in [3.63, 3.8) is 0 Å². The quantitative estimate of drug-likeness (QED) is 0.693. The van der Waals surface area contributed by atoms with Gasteiger partial charge in [-0.15, -0.1) is 0 Å². The number of aldehydes is 1. The monoisotopic (exact) mass is 206 g/mol. The van der Waals surface area contributed by atoms with Crippen LogP contribution >= 0.6 is 0 Å². The van der Waals surface area contributed by atoms with E-state index in [1.165, 1.54) is 0 Å². The topological polar surface area (TPSA) is 43.4 Å². The minimum absolute atomic E-state index is 0.0164. The standard InChI is InChI=1S/C12H14O3/c1-9(2)11(14)8-15-12-6-4-3-5-10(12)7-13/h3-7,9H,8H2,1-2H3. The van der Waals surface area contributed by atoms with Crippen molar-refractivity contribution in [1.82, 2.24) is 0 Å². The highest BCUT2D eigenvalue weighted by atomic mass is 16.5. The Labute approximate surface area is 89.1 Å². The van der Waals surface area contributed by atoms with Crippen molar-refractivity contribution in [2.75, 3.05) is 6.61 Å². The highest BCUT2D eigenvalue weighted by Gasteiger charge is 2.09. The molecule has 0 saturated heterocycles. The maximum absolute atomic E-state index is 11.3. The van der Waals surface area contributed by atoms with Gasteiger partial charge in [0.1, 0.15) is 12.4 Å². The zero-order valence-corrected chi connectivity index (χ0v) is 8.90. The molecule has 3 heteroatoms. The molecule has 0 radical (unpaired) electrons. The van der Waals surface area contributed by atoms with Crippen LogP contribution in [0.2, 0.25) is 0 Å². The summed E-state index contributed by atoms with van der Waals surface area (Å²) in [6, 6.07) is 6.85. The van der Waals surface area contributed by atoms with Gasteiger partial charge in [-0.3, -0.25) is 9.59 Å². The van der Waals surface area contributed by atoms with Crippen LogP contribution in [0, 0.1) is 5.92 Å². The van der Waals surface area contributed by atoms with E-state index < -0.39 is 0 Å². The number of carbonyl (C=O) groups excluding carboxylic acids is 2. The van der Waals surface area contributed by atoms with Crippen molar-refractivity contribution >= 4 is 12.1 Å². The number of benzene rings is 1. The minimum Gasteiger partial charge on any atom is -0.485 e. The molecule has 0 spiro atoms. The van der Waals surface area contributed by atoms with Gasteiger partial charge in [0, 0.05) is 5.92 Å². The molecule has 0 heterocycles. The highest BCUT2D eigenvalue weighted by molar-refractivity contribution is 5.83. The Morgan fingerprint density at radius 3 is 2.67 bits per heavy atom. The van der Waals surface area contributed by atoms with E-state index in [1.54, 1.807) is 24.3 Å². The Kier molecular flexibility index (Phi) is 4.03. The number of ketones is 1. The lowest BCUT2D eigenvalue weighted by Crippen LogP contribution is -2.17. The van der Waals surface area contributed by atoms with Gasteiger partial charge in [0.05, 0.1) is 5.56 Å². The van der Waals surface area contributed by atoms with Crippen molar-refractivity contribution in [1.29, 1.82) is 0 Å². The number of Topliss-reactive ketones (excluding diaryl/α,β-unsaturated/α-hetero) is 1. The Morgan fingerprint density at radius 2 is 2.07 bits per heavy atom. The van der Waals surface area contributed by atoms with Crippen LogP contribution in [-0.2, 0) is 4.79 Å². The molecule has 1 aromatic rings. The Bertz CT molecular complexity index is 356. The van der Waals surface area contributed by atoms with Gasteiger partial charge in [-0.2, -0.15) is 0 Å². The van der Waals surface area contributed by atoms with Crippen LogP contribution < -0.4 is 4.74 Å². The number of hydrogen-bond acceptors (Lipinski definition) is 3. The molecule has 0 saturated carbocycles. The summed E-state index contributed by atoms with van der Waals surface area (Å²) in [5, 5.41) is 0. The molecule has 1 rings (SSSR count). The van der Waals surface area contributed by atoms with Crippen molar-refractivity contribution in [3.05, 3.63) is 29.8 Å². The first-order valence-corrected chi connectivity index (χ1v) is 4.85. The molecule has 3 nitrogen and oxygen atoms in total. The molecule has 0 aliphatic rings. The molecule has 0 aliphatic heterocycles. The molecular weight excluding hydrogens is 192 g/mol. The van der Waals surface area contributed by atoms with Crippen LogP contribution in [0.25, 0.3) is 0 Å². The van der Waals surface area contributed by atoms with Crippen LogP contribution in [0.15, 0.2) is 24.3 Å². The van der Waals surface area contributed by atoms with Gasteiger partial charge in [-0.1, -0.05) is 26.0 Å². The number of ether oxygens (including phenoxy) is 1. The normalized spacial score (nSPS) is 10.1. The third-order valence-electron chi connectivity index (χ3n) is 2.06. The predicted octanol–water partition coefficient (Wildman–Crippen LogP) is 2.10. The molecule has 0 fully saturated rings. The van der Waals surface area contributed by atoms with E-state index >= 15 is 0 Å². The molecule has 0 amide bonds. The summed E-state index contributed by atoms with van der Waals surface area (Å²) >= 11 is 0. The van der Waals surface area contributed by atoms with Gasteiger partial charge in [0.2, 0.25) is 0 Å². The summed E-state index contributed by atoms with van der Waals surface area (Å²) in [5.74, 6) is 0.436. The average molecular weight is 206 g/mol. The number of carbonyl (C=O) groups is 2. The van der Waals surface area contributed by atoms with Crippen LogP contribution in [0.4, 0.5) is 0 Å². The summed E-state index contributed by atoms with van der Waals surface area (Å²) in [5.41, 5.74) is 0.467. The second-order valence-corrected chi connectivity index (χ2v) is 3.57. The number of para-hydroxylation sites is 1. The van der Waals surface area contributed by atoms with Gasteiger partial charge < -0.3 is 4.74 Å². The van der Waals surface area contributed by atoms with E-state index in [9.17, 15) is 9.59 Å². The summed E-state index contributed by atoms with van der Waals surface area (Å²) in [6.45, 7) is 3.65. The molecule has 0 aliphatic carbocycles. The smallest absolute Gasteiger partial charge is 0.172 e. The van der Waals surface area contributed by atoms with Crippen LogP contribution in [-0.4, -0.2) is 18.7 Å². The first kappa shape index (κ1) is 11.4. The predicted molar refractivity (Wildman–Crippen MR) is 57.2 cm³/mol. The lowest BCUT2D eigenvalue weighted by Gasteiger charge is -2.08. The molecule has 0 unspecified atom stereocenters. The second kappa shape index (κ2) is 5.29. The van der Waals surface area contributed by atoms with Crippen molar-refractivity contribution in [3.8, 4) is 5.75 Å². The highest BCUT2D eigenvalue weighted by Crippen LogP contribution is 2.15. The van der Waals surface area contributed by atoms with Gasteiger partial charge in [-0.05, 0) is 12.1 Å². The molecule has 1 aromatic carbocycles. The maximum Gasteiger partial charge on any atom is 0.172 e. The van der Waals surface area contributed by atoms with E-state index in [-0.39, 0.29) is 18.3 Å². The SMILES string of the molecule is CC(C)C(=O)COc1ccccc1C=O. The van der Waals surface area contributed by atoms with Gasteiger partial charge in [-0.25, -0.2) is 0 Å². The van der Waals surface area contributed by atoms with Crippen molar-refractivity contribution in [2.24, 2.45) is 5.92 Å². The van der Waals surface area contributed by atoms with Gasteiger partial charge in [0.25, 0.3) is 0 Å². The molecular formula is C12H14O3. The third kappa shape index (κ3) is 3.20. The zero-order valence-electron chi connectivity index (χ0n) is 8.90. The van der Waals surface area contributed by atoms with E-state index in [0.29, 0.717) is 11.3 Å². The first-order chi connectivity index (χ1) is 7.15. The molecule has 0 bridgehead atoms. The lowest BCUT2D eigenvalue weighted by atomic mass is 10.1. The van der Waals surface area contributed by atoms with Gasteiger partial charge in [0.15, 0.2) is 12.1 Å².